The summed E-state index contributed by atoms with van der Waals surface area (Å²) in [5.74, 6) is 0.687. The molecule has 0 aliphatic heterocycles. The van der Waals surface area contributed by atoms with Gasteiger partial charge in [-0.15, -0.1) is 0 Å². The molecule has 0 fully saturated rings. The van der Waals surface area contributed by atoms with E-state index in [4.69, 9.17) is 24.9 Å². The smallest absolute Gasteiger partial charge is 0.160 e. The molecule has 0 saturated heterocycles. The van der Waals surface area contributed by atoms with Gasteiger partial charge in [0.1, 0.15) is 0 Å². The lowest BCUT2D eigenvalue weighted by atomic mass is 9.92. The van der Waals surface area contributed by atoms with Gasteiger partial charge in [0.05, 0.1) is 45.0 Å². The van der Waals surface area contributed by atoms with Gasteiger partial charge in [0.15, 0.2) is 5.82 Å². The maximum absolute atomic E-state index is 5.69. The number of hydrogen-bond donors (Lipinski definition) is 0. The molecule has 11 rings (SSSR count). The molecule has 0 spiro atoms. The van der Waals surface area contributed by atoms with E-state index < -0.39 is 0 Å². The van der Waals surface area contributed by atoms with E-state index in [2.05, 4.69) is 152 Å². The van der Waals surface area contributed by atoms with Crippen LogP contribution in [0.4, 0.5) is 0 Å². The van der Waals surface area contributed by atoms with Gasteiger partial charge in [0, 0.05) is 49.5 Å². The summed E-state index contributed by atoms with van der Waals surface area (Å²) in [7, 11) is 0. The third-order valence-electron chi connectivity index (χ3n) is 11.3. The van der Waals surface area contributed by atoms with Crippen LogP contribution in [0.1, 0.15) is 18.5 Å². The SMILES string of the molecule is C1=CC(c2nc3c(nc2-c2ccccc2)c(-c2ccc(-c4cc(-c5ccccc5)nc(-c5ccccc5)n4)cc2)cc2c(-c4ccccc4)nc4ccccc4c23)=CCC1. The molecule has 0 bridgehead atoms. The highest BCUT2D eigenvalue weighted by atomic mass is 14.9. The Morgan fingerprint density at radius 3 is 1.57 bits per heavy atom. The molecule has 7 aromatic carbocycles. The molecule has 282 valence electrons. The molecule has 60 heavy (non-hydrogen) atoms. The zero-order chi connectivity index (χ0) is 39.8. The summed E-state index contributed by atoms with van der Waals surface area (Å²) in [4.78, 5) is 26.8. The van der Waals surface area contributed by atoms with Crippen molar-refractivity contribution >= 4 is 38.3 Å². The van der Waals surface area contributed by atoms with Gasteiger partial charge in [-0.1, -0.05) is 182 Å². The predicted octanol–water partition coefficient (Wildman–Crippen LogP) is 13.9. The second-order valence-electron chi connectivity index (χ2n) is 15.1. The zero-order valence-electron chi connectivity index (χ0n) is 32.7. The van der Waals surface area contributed by atoms with Gasteiger partial charge in [0.25, 0.3) is 0 Å². The summed E-state index contributed by atoms with van der Waals surface area (Å²) in [6.45, 7) is 0. The fraction of sp³-hybridized carbons (Fsp3) is 0.0364. The Morgan fingerprint density at radius 2 is 0.917 bits per heavy atom. The van der Waals surface area contributed by atoms with E-state index in [1.165, 1.54) is 0 Å². The summed E-state index contributed by atoms with van der Waals surface area (Å²) in [5, 5.41) is 3.13. The fourth-order valence-electron chi connectivity index (χ4n) is 8.35. The molecular weight excluding hydrogens is 731 g/mol. The minimum atomic E-state index is 0.687. The van der Waals surface area contributed by atoms with E-state index in [0.717, 1.165) is 119 Å². The van der Waals surface area contributed by atoms with Crippen molar-refractivity contribution in [1.29, 1.82) is 0 Å². The maximum Gasteiger partial charge on any atom is 0.160 e. The molecule has 1 aliphatic carbocycles. The van der Waals surface area contributed by atoms with E-state index in [1.807, 2.05) is 48.5 Å². The van der Waals surface area contributed by atoms with Crippen molar-refractivity contribution in [3.05, 3.63) is 206 Å². The van der Waals surface area contributed by atoms with Gasteiger partial charge in [-0.2, -0.15) is 0 Å². The minimum absolute atomic E-state index is 0.687. The molecule has 0 radical (unpaired) electrons. The molecule has 5 nitrogen and oxygen atoms in total. The van der Waals surface area contributed by atoms with Crippen LogP contribution in [0.3, 0.4) is 0 Å². The highest BCUT2D eigenvalue weighted by Crippen LogP contribution is 2.43. The molecule has 0 saturated carbocycles. The highest BCUT2D eigenvalue weighted by Gasteiger charge is 2.23. The van der Waals surface area contributed by atoms with Crippen LogP contribution in [0.2, 0.25) is 0 Å². The summed E-state index contributed by atoms with van der Waals surface area (Å²) in [5.41, 5.74) is 15.2. The first-order valence-corrected chi connectivity index (χ1v) is 20.4. The van der Waals surface area contributed by atoms with E-state index in [0.29, 0.717) is 5.82 Å². The van der Waals surface area contributed by atoms with Crippen LogP contribution in [-0.2, 0) is 0 Å². The van der Waals surface area contributed by atoms with Crippen LogP contribution in [-0.4, -0.2) is 24.9 Å². The van der Waals surface area contributed by atoms with Crippen molar-refractivity contribution in [1.82, 2.24) is 24.9 Å². The van der Waals surface area contributed by atoms with Gasteiger partial charge in [-0.05, 0) is 42.2 Å². The van der Waals surface area contributed by atoms with Gasteiger partial charge in [-0.25, -0.2) is 24.9 Å². The summed E-state index contributed by atoms with van der Waals surface area (Å²) >= 11 is 0. The van der Waals surface area contributed by atoms with Gasteiger partial charge < -0.3 is 0 Å². The van der Waals surface area contributed by atoms with Crippen molar-refractivity contribution in [2.45, 2.75) is 12.8 Å². The van der Waals surface area contributed by atoms with E-state index in [1.54, 1.807) is 0 Å². The topological polar surface area (TPSA) is 64.5 Å². The number of benzene rings is 7. The normalized spacial score (nSPS) is 12.6. The van der Waals surface area contributed by atoms with Crippen molar-refractivity contribution in [3.8, 4) is 67.5 Å². The Hall–Kier alpha value is -7.89. The van der Waals surface area contributed by atoms with E-state index in [9.17, 15) is 0 Å². The van der Waals surface area contributed by atoms with Crippen LogP contribution in [0.25, 0.3) is 106 Å². The molecule has 0 amide bonds. The van der Waals surface area contributed by atoms with Crippen molar-refractivity contribution < 1.29 is 0 Å². The lowest BCUT2D eigenvalue weighted by Gasteiger charge is -2.18. The van der Waals surface area contributed by atoms with Gasteiger partial charge >= 0.3 is 0 Å². The summed E-state index contributed by atoms with van der Waals surface area (Å²) in [6, 6.07) is 62.8. The molecular formula is C55H37N5. The number of pyridine rings is 1. The second kappa shape index (κ2) is 15.1. The molecule has 3 heterocycles. The quantitative estimate of drug-likeness (QED) is 0.151. The Balaban J connectivity index is 1.18. The number of hydrogen-bond acceptors (Lipinski definition) is 5. The third kappa shape index (κ3) is 6.43. The monoisotopic (exact) mass is 767 g/mol. The fourth-order valence-corrected chi connectivity index (χ4v) is 8.35. The molecule has 10 aromatic rings. The molecule has 3 aromatic heterocycles. The lowest BCUT2D eigenvalue weighted by Crippen LogP contribution is -2.02. The summed E-state index contributed by atoms with van der Waals surface area (Å²) < 4.78 is 0. The van der Waals surface area contributed by atoms with E-state index in [-0.39, 0.29) is 0 Å². The number of aromatic nitrogens is 5. The van der Waals surface area contributed by atoms with Crippen LogP contribution in [0.5, 0.6) is 0 Å². The molecule has 0 unspecified atom stereocenters. The maximum atomic E-state index is 5.69. The van der Waals surface area contributed by atoms with Gasteiger partial charge in [0.2, 0.25) is 0 Å². The number of rotatable bonds is 7. The van der Waals surface area contributed by atoms with Crippen molar-refractivity contribution in [3.63, 3.8) is 0 Å². The number of para-hydroxylation sites is 1. The first kappa shape index (κ1) is 35.3. The Kier molecular flexibility index (Phi) is 8.90. The Morgan fingerprint density at radius 1 is 0.367 bits per heavy atom. The zero-order valence-corrected chi connectivity index (χ0v) is 32.7. The van der Waals surface area contributed by atoms with Gasteiger partial charge in [-0.3, -0.25) is 0 Å². The average molecular weight is 768 g/mol. The second-order valence-corrected chi connectivity index (χ2v) is 15.1. The summed E-state index contributed by atoms with van der Waals surface area (Å²) in [6.07, 6.45) is 8.71. The minimum Gasteiger partial charge on any atom is -0.247 e. The van der Waals surface area contributed by atoms with Crippen molar-refractivity contribution in [2.75, 3.05) is 0 Å². The van der Waals surface area contributed by atoms with Crippen LogP contribution < -0.4 is 0 Å². The predicted molar refractivity (Wildman–Crippen MR) is 247 cm³/mol. The molecule has 0 N–H and O–H groups in total. The largest absolute Gasteiger partial charge is 0.247 e. The molecule has 1 aliphatic rings. The number of allylic oxidation sites excluding steroid dienone is 4. The Bertz CT molecular complexity index is 3210. The standard InChI is InChI=1S/C55H37N5/c1-6-18-37(19-7-1)47-35-48(58-55(57-47)42-26-14-5-15-27-42)38-32-30-36(31-33-38)44-34-45-49(43-28-16-17-29-46(43)56-50(45)39-20-8-2-9-21-39)54-53(44)59-51(40-22-10-3-11-23-40)52(60-54)41-24-12-4-13-25-41/h1-3,5-12,14-35H,4,13H2. The number of fused-ring (bicyclic) bond motifs is 5. The van der Waals surface area contributed by atoms with Crippen LogP contribution in [0, 0.1) is 0 Å². The van der Waals surface area contributed by atoms with E-state index >= 15 is 0 Å². The third-order valence-corrected chi connectivity index (χ3v) is 11.3. The number of nitrogens with zero attached hydrogens (tertiary/aromatic N) is 5. The molecule has 0 atom stereocenters. The van der Waals surface area contributed by atoms with Crippen molar-refractivity contribution in [2.24, 2.45) is 0 Å². The first-order valence-electron chi connectivity index (χ1n) is 20.4. The lowest BCUT2D eigenvalue weighted by molar-refractivity contribution is 1.04. The van der Waals surface area contributed by atoms with Crippen LogP contribution >= 0.6 is 0 Å². The van der Waals surface area contributed by atoms with Crippen LogP contribution in [0.15, 0.2) is 200 Å². The first-order chi connectivity index (χ1) is 29.7. The highest BCUT2D eigenvalue weighted by molar-refractivity contribution is 6.23. The molecule has 5 heteroatoms. The average Bonchev–Trinajstić information content (AvgIpc) is 3.34. The Labute approximate surface area is 348 Å².